The number of carbonyl (C=O) groups is 1. The van der Waals surface area contributed by atoms with Crippen LogP contribution in [0.3, 0.4) is 0 Å². The molecule has 0 saturated carbocycles. The molecule has 1 unspecified atom stereocenters. The summed E-state index contributed by atoms with van der Waals surface area (Å²) in [4.78, 5) is 11.8. The van der Waals surface area contributed by atoms with Crippen LogP contribution in [-0.2, 0) is 14.1 Å². The van der Waals surface area contributed by atoms with E-state index in [0.717, 1.165) is 0 Å². The van der Waals surface area contributed by atoms with Gasteiger partial charge in [0, 0.05) is 6.54 Å². The van der Waals surface area contributed by atoms with Gasteiger partial charge in [-0.3, -0.25) is 9.36 Å². The van der Waals surface area contributed by atoms with Crippen molar-refractivity contribution in [3.05, 3.63) is 30.3 Å². The minimum Gasteiger partial charge on any atom is -0.465 e. The Morgan fingerprint density at radius 3 is 2.52 bits per heavy atom. The summed E-state index contributed by atoms with van der Waals surface area (Å²) in [6.45, 7) is 4.00. The number of rotatable bonds is 9. The molecular weight excluding hydrogens is 291 g/mol. The zero-order valence-electron chi connectivity index (χ0n) is 12.5. The molecule has 0 radical (unpaired) electrons. The van der Waals surface area contributed by atoms with Gasteiger partial charge in [-0.25, -0.2) is 5.09 Å². The Hall–Kier alpha value is -1.36. The highest BCUT2D eigenvalue weighted by molar-refractivity contribution is 7.57. The highest BCUT2D eigenvalue weighted by Crippen LogP contribution is 2.43. The maximum Gasteiger partial charge on any atom is 0.323 e. The zero-order chi connectivity index (χ0) is 15.7. The molecule has 3 N–H and O–H groups in total. The molecule has 7 heteroatoms. The summed E-state index contributed by atoms with van der Waals surface area (Å²) in [5.41, 5.74) is 5.51. The molecule has 0 aliphatic rings. The van der Waals surface area contributed by atoms with Gasteiger partial charge in [0.1, 0.15) is 11.8 Å². The number of nitrogens with two attached hydrogens (primary N) is 1. The van der Waals surface area contributed by atoms with E-state index in [9.17, 15) is 9.36 Å². The van der Waals surface area contributed by atoms with Crippen LogP contribution in [0.4, 0.5) is 0 Å². The number of benzene rings is 1. The molecule has 0 amide bonds. The van der Waals surface area contributed by atoms with Gasteiger partial charge in [-0.15, -0.1) is 0 Å². The monoisotopic (exact) mass is 314 g/mol. The third-order valence-corrected chi connectivity index (χ3v) is 4.81. The molecule has 118 valence electrons. The zero-order valence-corrected chi connectivity index (χ0v) is 13.3. The van der Waals surface area contributed by atoms with Gasteiger partial charge >= 0.3 is 13.5 Å². The summed E-state index contributed by atoms with van der Waals surface area (Å²) in [6.07, 6.45) is 0.587. The molecule has 1 rings (SSSR count). The van der Waals surface area contributed by atoms with Crippen LogP contribution in [-0.4, -0.2) is 31.3 Å². The summed E-state index contributed by atoms with van der Waals surface area (Å²) in [7, 11) is -3.27. The molecular formula is C14H23N2O4P. The molecule has 21 heavy (non-hydrogen) atoms. The molecule has 1 aromatic rings. The molecule has 0 aliphatic carbocycles. The van der Waals surface area contributed by atoms with E-state index in [0.29, 0.717) is 12.2 Å². The van der Waals surface area contributed by atoms with Gasteiger partial charge in [-0.1, -0.05) is 25.1 Å². The summed E-state index contributed by atoms with van der Waals surface area (Å²) < 4.78 is 23.4. The summed E-state index contributed by atoms with van der Waals surface area (Å²) in [5.74, 6) is 0.0365. The molecule has 0 heterocycles. The van der Waals surface area contributed by atoms with Crippen molar-refractivity contribution in [3.8, 4) is 5.75 Å². The number of carbonyl (C=O) groups excluding carboxylic acids is 1. The van der Waals surface area contributed by atoms with Crippen molar-refractivity contribution in [2.24, 2.45) is 5.73 Å². The Labute approximate surface area is 125 Å². The molecule has 0 aromatic heterocycles. The quantitative estimate of drug-likeness (QED) is 0.536. The number of hydrogen-bond donors (Lipinski definition) is 2. The lowest BCUT2D eigenvalue weighted by molar-refractivity contribution is -0.145. The van der Waals surface area contributed by atoms with Gasteiger partial charge in [-0.2, -0.15) is 0 Å². The van der Waals surface area contributed by atoms with Crippen LogP contribution in [0.25, 0.3) is 0 Å². The van der Waals surface area contributed by atoms with Crippen molar-refractivity contribution in [1.82, 2.24) is 5.09 Å². The van der Waals surface area contributed by atoms with Gasteiger partial charge in [0.2, 0.25) is 0 Å². The van der Waals surface area contributed by atoms with E-state index in [1.54, 1.807) is 31.2 Å². The molecule has 6 nitrogen and oxygen atoms in total. The van der Waals surface area contributed by atoms with Crippen LogP contribution in [0, 0.1) is 0 Å². The van der Waals surface area contributed by atoms with E-state index in [2.05, 4.69) is 5.09 Å². The fourth-order valence-electron chi connectivity index (χ4n) is 1.75. The van der Waals surface area contributed by atoms with E-state index in [4.69, 9.17) is 15.0 Å². The van der Waals surface area contributed by atoms with Crippen LogP contribution >= 0.6 is 7.52 Å². The van der Waals surface area contributed by atoms with Crippen molar-refractivity contribution in [2.45, 2.75) is 26.3 Å². The Morgan fingerprint density at radius 1 is 1.33 bits per heavy atom. The fourth-order valence-corrected chi connectivity index (χ4v) is 3.59. The lowest BCUT2D eigenvalue weighted by Gasteiger charge is -2.24. The molecule has 2 atom stereocenters. The van der Waals surface area contributed by atoms with E-state index in [1.807, 2.05) is 13.0 Å². The SMILES string of the molecule is CCOC(=O)[C@H](CC)NP(=O)(CCN)Oc1ccccc1. The second-order valence-corrected chi connectivity index (χ2v) is 6.67. The van der Waals surface area contributed by atoms with Crippen LogP contribution < -0.4 is 15.3 Å². The maximum atomic E-state index is 12.8. The predicted octanol–water partition coefficient (Wildman–Crippen LogP) is 2.15. The van der Waals surface area contributed by atoms with Crippen molar-refractivity contribution >= 4 is 13.5 Å². The normalized spacial score (nSPS) is 15.0. The molecule has 0 bridgehead atoms. The molecule has 1 aromatic carbocycles. The fraction of sp³-hybridized carbons (Fsp3) is 0.500. The second kappa shape index (κ2) is 8.82. The number of ether oxygens (including phenoxy) is 1. The highest BCUT2D eigenvalue weighted by atomic mass is 31.2. The van der Waals surface area contributed by atoms with Crippen molar-refractivity contribution in [3.63, 3.8) is 0 Å². The van der Waals surface area contributed by atoms with Crippen molar-refractivity contribution in [2.75, 3.05) is 19.3 Å². The molecule has 0 fully saturated rings. The largest absolute Gasteiger partial charge is 0.465 e. The van der Waals surface area contributed by atoms with E-state index >= 15 is 0 Å². The van der Waals surface area contributed by atoms with Crippen molar-refractivity contribution in [1.29, 1.82) is 0 Å². The smallest absolute Gasteiger partial charge is 0.323 e. The minimum absolute atomic E-state index is 0.137. The van der Waals surface area contributed by atoms with Crippen LogP contribution in [0.5, 0.6) is 5.75 Å². The molecule has 0 saturated heterocycles. The van der Waals surface area contributed by atoms with E-state index < -0.39 is 19.5 Å². The highest BCUT2D eigenvalue weighted by Gasteiger charge is 2.31. The minimum atomic E-state index is -3.27. The first-order chi connectivity index (χ1) is 10.0. The van der Waals surface area contributed by atoms with Crippen LogP contribution in [0.1, 0.15) is 20.3 Å². The van der Waals surface area contributed by atoms with Gasteiger partial charge < -0.3 is 15.0 Å². The Balaban J connectivity index is 2.83. The number of para-hydroxylation sites is 1. The lowest BCUT2D eigenvalue weighted by atomic mass is 10.2. The molecule has 0 spiro atoms. The standard InChI is InChI=1S/C14H23N2O4P/c1-3-13(14(17)19-4-2)16-21(18,11-10-15)20-12-8-6-5-7-9-12/h5-9,13H,3-4,10-11,15H2,1-2H3,(H,16,18)/t13-,21?/m0/s1. The Bertz CT molecular complexity index is 481. The third-order valence-electron chi connectivity index (χ3n) is 2.75. The average Bonchev–Trinajstić information content (AvgIpc) is 2.46. The first-order valence-electron chi connectivity index (χ1n) is 7.02. The predicted molar refractivity (Wildman–Crippen MR) is 82.4 cm³/mol. The lowest BCUT2D eigenvalue weighted by Crippen LogP contribution is -2.38. The summed E-state index contributed by atoms with van der Waals surface area (Å²) in [5, 5.41) is 2.79. The van der Waals surface area contributed by atoms with Crippen LogP contribution in [0.15, 0.2) is 30.3 Å². The number of hydrogen-bond acceptors (Lipinski definition) is 5. The number of esters is 1. The van der Waals surface area contributed by atoms with Crippen LogP contribution in [0.2, 0.25) is 0 Å². The first-order valence-corrected chi connectivity index (χ1v) is 8.83. The van der Waals surface area contributed by atoms with Crippen molar-refractivity contribution < 1.29 is 18.6 Å². The number of nitrogens with one attached hydrogen (secondary N) is 1. The summed E-state index contributed by atoms with van der Waals surface area (Å²) >= 11 is 0. The molecule has 0 aliphatic heterocycles. The first kappa shape index (κ1) is 17.7. The van der Waals surface area contributed by atoms with E-state index in [-0.39, 0.29) is 19.3 Å². The van der Waals surface area contributed by atoms with Gasteiger partial charge in [0.15, 0.2) is 0 Å². The second-order valence-electron chi connectivity index (χ2n) is 4.43. The topological polar surface area (TPSA) is 90.7 Å². The van der Waals surface area contributed by atoms with Gasteiger partial charge in [0.25, 0.3) is 0 Å². The summed E-state index contributed by atoms with van der Waals surface area (Å²) in [6, 6.07) is 8.13. The van der Waals surface area contributed by atoms with Gasteiger partial charge in [-0.05, 0) is 25.5 Å². The Kier molecular flexibility index (Phi) is 7.43. The third kappa shape index (κ3) is 5.87. The van der Waals surface area contributed by atoms with E-state index in [1.165, 1.54) is 0 Å². The maximum absolute atomic E-state index is 12.8. The average molecular weight is 314 g/mol. The Morgan fingerprint density at radius 2 is 2.00 bits per heavy atom. The van der Waals surface area contributed by atoms with Gasteiger partial charge in [0.05, 0.1) is 12.8 Å².